The molecule has 10 heteroatoms. The predicted molar refractivity (Wildman–Crippen MR) is 111 cm³/mol. The Kier molecular flexibility index (Phi) is 6.57. The molecule has 0 fully saturated rings. The van der Waals surface area contributed by atoms with Crippen LogP contribution in [0.3, 0.4) is 0 Å². The van der Waals surface area contributed by atoms with Crippen LogP contribution >= 0.6 is 11.3 Å². The van der Waals surface area contributed by atoms with E-state index in [2.05, 4.69) is 20.2 Å². The number of ether oxygens (including phenoxy) is 1. The molecule has 2 N–H and O–H groups in total. The number of rotatable bonds is 8. The molecule has 0 bridgehead atoms. The molecule has 0 saturated carbocycles. The van der Waals surface area contributed by atoms with Gasteiger partial charge in [-0.05, 0) is 37.6 Å². The number of anilines is 1. The molecule has 0 aliphatic rings. The molecular formula is C19H20N4O4S2. The Morgan fingerprint density at radius 2 is 1.79 bits per heavy atom. The van der Waals surface area contributed by atoms with Gasteiger partial charge in [-0.25, -0.2) is 13.1 Å². The van der Waals surface area contributed by atoms with Crippen LogP contribution in [0.15, 0.2) is 52.9 Å². The Balaban J connectivity index is 1.55. The molecule has 2 aromatic carbocycles. The number of aryl methyl sites for hydroxylation is 2. The smallest absolute Gasteiger partial charge is 0.269 e. The number of aromatic nitrogens is 2. The van der Waals surface area contributed by atoms with E-state index in [0.29, 0.717) is 11.3 Å². The van der Waals surface area contributed by atoms with Gasteiger partial charge in [0.15, 0.2) is 0 Å². The number of carbonyl (C=O) groups is 1. The highest BCUT2D eigenvalue weighted by molar-refractivity contribution is 7.91. The maximum Gasteiger partial charge on any atom is 0.269 e. The zero-order valence-electron chi connectivity index (χ0n) is 15.9. The zero-order chi connectivity index (χ0) is 20.9. The summed E-state index contributed by atoms with van der Waals surface area (Å²) < 4.78 is 32.4. The maximum atomic E-state index is 12.3. The summed E-state index contributed by atoms with van der Waals surface area (Å²) in [6.45, 7) is 4.02. The van der Waals surface area contributed by atoms with E-state index in [4.69, 9.17) is 4.74 Å². The first-order valence-corrected chi connectivity index (χ1v) is 11.0. The first-order chi connectivity index (χ1) is 13.8. The molecule has 0 unspecified atom stereocenters. The molecule has 0 atom stereocenters. The highest BCUT2D eigenvalue weighted by Crippen LogP contribution is 2.21. The van der Waals surface area contributed by atoms with Crippen LogP contribution in [0.5, 0.6) is 5.75 Å². The number of nitrogens with one attached hydrogen (secondary N) is 2. The van der Waals surface area contributed by atoms with Gasteiger partial charge >= 0.3 is 0 Å². The second kappa shape index (κ2) is 9.12. The van der Waals surface area contributed by atoms with Crippen molar-refractivity contribution in [2.45, 2.75) is 18.2 Å². The van der Waals surface area contributed by atoms with Crippen molar-refractivity contribution in [2.75, 3.05) is 18.5 Å². The van der Waals surface area contributed by atoms with Gasteiger partial charge in [-0.2, -0.15) is 0 Å². The summed E-state index contributed by atoms with van der Waals surface area (Å²) in [7, 11) is -3.85. The SMILES string of the molecule is Cc1ccc(OCCNS(=O)(=O)c2nnc(NC(=O)c3ccccc3C)s2)cc1. The van der Waals surface area contributed by atoms with Crippen LogP contribution in [-0.4, -0.2) is 37.7 Å². The van der Waals surface area contributed by atoms with Crippen molar-refractivity contribution in [3.63, 3.8) is 0 Å². The Bertz CT molecular complexity index is 1100. The van der Waals surface area contributed by atoms with Crippen molar-refractivity contribution in [3.8, 4) is 5.75 Å². The Labute approximate surface area is 173 Å². The van der Waals surface area contributed by atoms with Crippen LogP contribution in [-0.2, 0) is 10.0 Å². The molecule has 1 amide bonds. The third kappa shape index (κ3) is 5.59. The Morgan fingerprint density at radius 3 is 2.52 bits per heavy atom. The Hall–Kier alpha value is -2.82. The summed E-state index contributed by atoms with van der Waals surface area (Å²) in [4.78, 5) is 12.3. The quantitative estimate of drug-likeness (QED) is 0.418. The van der Waals surface area contributed by atoms with Crippen molar-refractivity contribution in [3.05, 3.63) is 65.2 Å². The number of amides is 1. The lowest BCUT2D eigenvalue weighted by molar-refractivity contribution is 0.102. The fourth-order valence-electron chi connectivity index (χ4n) is 2.40. The highest BCUT2D eigenvalue weighted by Gasteiger charge is 2.21. The molecule has 152 valence electrons. The van der Waals surface area contributed by atoms with Crippen molar-refractivity contribution in [2.24, 2.45) is 0 Å². The average molecular weight is 433 g/mol. The van der Waals surface area contributed by atoms with Gasteiger partial charge in [-0.15, -0.1) is 10.2 Å². The molecule has 8 nitrogen and oxygen atoms in total. The second-order valence-corrected chi connectivity index (χ2v) is 9.12. The summed E-state index contributed by atoms with van der Waals surface area (Å²) in [6.07, 6.45) is 0. The van der Waals surface area contributed by atoms with E-state index in [1.807, 2.05) is 50.2 Å². The fraction of sp³-hybridized carbons (Fsp3) is 0.211. The molecule has 0 aliphatic carbocycles. The number of sulfonamides is 1. The van der Waals surface area contributed by atoms with E-state index in [1.54, 1.807) is 12.1 Å². The average Bonchev–Trinajstić information content (AvgIpc) is 3.16. The molecule has 3 aromatic rings. The van der Waals surface area contributed by atoms with Crippen LogP contribution in [0, 0.1) is 13.8 Å². The minimum atomic E-state index is -3.85. The Morgan fingerprint density at radius 1 is 1.07 bits per heavy atom. The van der Waals surface area contributed by atoms with Crippen molar-refractivity contribution < 1.29 is 17.9 Å². The minimum absolute atomic E-state index is 0.0701. The second-order valence-electron chi connectivity index (χ2n) is 6.20. The number of hydrogen-bond acceptors (Lipinski definition) is 7. The molecule has 0 radical (unpaired) electrons. The minimum Gasteiger partial charge on any atom is -0.492 e. The normalized spacial score (nSPS) is 11.2. The van der Waals surface area contributed by atoms with Gasteiger partial charge in [0.25, 0.3) is 15.9 Å². The molecule has 0 spiro atoms. The van der Waals surface area contributed by atoms with E-state index in [-0.39, 0.29) is 28.5 Å². The van der Waals surface area contributed by atoms with Crippen LogP contribution in [0.1, 0.15) is 21.5 Å². The number of nitrogens with zero attached hydrogens (tertiary/aromatic N) is 2. The zero-order valence-corrected chi connectivity index (χ0v) is 17.5. The van der Waals surface area contributed by atoms with E-state index in [9.17, 15) is 13.2 Å². The van der Waals surface area contributed by atoms with Gasteiger partial charge < -0.3 is 4.74 Å². The van der Waals surface area contributed by atoms with Crippen LogP contribution in [0.2, 0.25) is 0 Å². The third-order valence-corrected chi connectivity index (χ3v) is 6.60. The van der Waals surface area contributed by atoms with Gasteiger partial charge in [0.1, 0.15) is 12.4 Å². The number of carbonyl (C=O) groups excluding carboxylic acids is 1. The first-order valence-electron chi connectivity index (χ1n) is 8.75. The number of hydrogen-bond donors (Lipinski definition) is 2. The van der Waals surface area contributed by atoms with Crippen LogP contribution in [0.4, 0.5) is 5.13 Å². The molecule has 0 aliphatic heterocycles. The fourth-order valence-corrected chi connectivity index (χ4v) is 4.35. The summed E-state index contributed by atoms with van der Waals surface area (Å²) >= 11 is 0.779. The van der Waals surface area contributed by atoms with E-state index < -0.39 is 10.0 Å². The largest absolute Gasteiger partial charge is 0.492 e. The predicted octanol–water partition coefficient (Wildman–Crippen LogP) is 2.76. The summed E-state index contributed by atoms with van der Waals surface area (Å²) in [5.74, 6) is 0.287. The summed E-state index contributed by atoms with van der Waals surface area (Å²) in [5.41, 5.74) is 2.40. The standard InChI is InChI=1S/C19H20N4O4S2/c1-13-7-9-15(10-8-13)27-12-11-20-29(25,26)19-23-22-18(28-19)21-17(24)16-6-4-3-5-14(16)2/h3-10,20H,11-12H2,1-2H3,(H,21,22,24). The van der Waals surface area contributed by atoms with Crippen LogP contribution in [0.25, 0.3) is 0 Å². The molecule has 3 rings (SSSR count). The van der Waals surface area contributed by atoms with Crippen molar-refractivity contribution >= 4 is 32.4 Å². The molecule has 1 aromatic heterocycles. The molecule has 0 saturated heterocycles. The lowest BCUT2D eigenvalue weighted by atomic mass is 10.1. The van der Waals surface area contributed by atoms with Gasteiger partial charge in [0, 0.05) is 12.1 Å². The van der Waals surface area contributed by atoms with E-state index >= 15 is 0 Å². The molecule has 29 heavy (non-hydrogen) atoms. The van der Waals surface area contributed by atoms with Gasteiger partial charge in [0.05, 0.1) is 0 Å². The van der Waals surface area contributed by atoms with E-state index in [1.165, 1.54) is 0 Å². The lowest BCUT2D eigenvalue weighted by Gasteiger charge is -2.07. The lowest BCUT2D eigenvalue weighted by Crippen LogP contribution is -2.28. The maximum absolute atomic E-state index is 12.3. The van der Waals surface area contributed by atoms with Gasteiger partial charge in [0.2, 0.25) is 9.47 Å². The summed E-state index contributed by atoms with van der Waals surface area (Å²) in [6, 6.07) is 14.5. The number of benzene rings is 2. The molecular weight excluding hydrogens is 412 g/mol. The monoisotopic (exact) mass is 432 g/mol. The molecule has 1 heterocycles. The van der Waals surface area contributed by atoms with E-state index in [0.717, 1.165) is 22.5 Å². The summed E-state index contributed by atoms with van der Waals surface area (Å²) in [5, 5.41) is 10.1. The van der Waals surface area contributed by atoms with Gasteiger partial charge in [-0.3, -0.25) is 10.1 Å². The third-order valence-electron chi connectivity index (χ3n) is 3.93. The first kappa shape index (κ1) is 20.9. The topological polar surface area (TPSA) is 110 Å². The van der Waals surface area contributed by atoms with Crippen LogP contribution < -0.4 is 14.8 Å². The van der Waals surface area contributed by atoms with Crippen molar-refractivity contribution in [1.29, 1.82) is 0 Å². The van der Waals surface area contributed by atoms with Crippen molar-refractivity contribution in [1.82, 2.24) is 14.9 Å². The van der Waals surface area contributed by atoms with Gasteiger partial charge in [-0.1, -0.05) is 47.2 Å². The highest BCUT2D eigenvalue weighted by atomic mass is 32.2.